The standard InChI is InChI=1S/C12H21N3O4/c1-15(2)9(16)8-13-11(19)14-12(10(17)18)6-4-3-5-7-12/h3-8H2,1-2H3,(H,17,18)(H2,13,14,19). The number of hydrogen-bond acceptors (Lipinski definition) is 3. The molecule has 0 aromatic heterocycles. The summed E-state index contributed by atoms with van der Waals surface area (Å²) >= 11 is 0. The molecule has 0 radical (unpaired) electrons. The van der Waals surface area contributed by atoms with E-state index in [-0.39, 0.29) is 12.5 Å². The van der Waals surface area contributed by atoms with Gasteiger partial charge >= 0.3 is 12.0 Å². The zero-order chi connectivity index (χ0) is 14.5. The van der Waals surface area contributed by atoms with Gasteiger partial charge in [-0.05, 0) is 12.8 Å². The van der Waals surface area contributed by atoms with Crippen molar-refractivity contribution in [3.05, 3.63) is 0 Å². The van der Waals surface area contributed by atoms with E-state index in [9.17, 15) is 19.5 Å². The van der Waals surface area contributed by atoms with Crippen LogP contribution >= 0.6 is 0 Å². The molecule has 19 heavy (non-hydrogen) atoms. The molecule has 1 saturated carbocycles. The highest BCUT2D eigenvalue weighted by atomic mass is 16.4. The van der Waals surface area contributed by atoms with E-state index in [1.807, 2.05) is 0 Å². The molecular formula is C12H21N3O4. The molecule has 0 aromatic rings. The van der Waals surface area contributed by atoms with Crippen molar-refractivity contribution in [2.75, 3.05) is 20.6 Å². The number of carbonyl (C=O) groups is 3. The fourth-order valence-corrected chi connectivity index (χ4v) is 2.12. The minimum Gasteiger partial charge on any atom is -0.480 e. The van der Waals surface area contributed by atoms with Crippen LogP contribution in [0.2, 0.25) is 0 Å². The summed E-state index contributed by atoms with van der Waals surface area (Å²) in [5, 5.41) is 14.2. The molecule has 7 nitrogen and oxygen atoms in total. The molecular weight excluding hydrogens is 250 g/mol. The van der Waals surface area contributed by atoms with Crippen LogP contribution in [-0.4, -0.2) is 54.1 Å². The van der Waals surface area contributed by atoms with Gasteiger partial charge in [-0.15, -0.1) is 0 Å². The maximum absolute atomic E-state index is 11.7. The third-order valence-corrected chi connectivity index (χ3v) is 3.37. The van der Waals surface area contributed by atoms with E-state index in [0.717, 1.165) is 19.3 Å². The molecule has 3 N–H and O–H groups in total. The van der Waals surface area contributed by atoms with Crippen LogP contribution in [0.5, 0.6) is 0 Å². The second kappa shape index (κ2) is 6.40. The lowest BCUT2D eigenvalue weighted by Gasteiger charge is -2.33. The topological polar surface area (TPSA) is 98.7 Å². The minimum atomic E-state index is -1.19. The highest BCUT2D eigenvalue weighted by Gasteiger charge is 2.40. The van der Waals surface area contributed by atoms with E-state index < -0.39 is 17.5 Å². The lowest BCUT2D eigenvalue weighted by atomic mass is 9.82. The third kappa shape index (κ3) is 4.11. The smallest absolute Gasteiger partial charge is 0.329 e. The number of carbonyl (C=O) groups excluding carboxylic acids is 2. The Labute approximate surface area is 112 Å². The molecule has 1 aliphatic carbocycles. The molecule has 1 fully saturated rings. The van der Waals surface area contributed by atoms with Gasteiger partial charge in [0.2, 0.25) is 5.91 Å². The molecule has 0 bridgehead atoms. The number of aliphatic carboxylic acids is 1. The van der Waals surface area contributed by atoms with Gasteiger partial charge in [0.05, 0.1) is 6.54 Å². The van der Waals surface area contributed by atoms with Gasteiger partial charge in [0.25, 0.3) is 0 Å². The quantitative estimate of drug-likeness (QED) is 0.678. The number of urea groups is 1. The molecule has 0 heterocycles. The summed E-state index contributed by atoms with van der Waals surface area (Å²) in [4.78, 5) is 35.7. The predicted octanol–water partition coefficient (Wildman–Crippen LogP) is 0.161. The number of nitrogens with zero attached hydrogens (tertiary/aromatic N) is 1. The largest absolute Gasteiger partial charge is 0.480 e. The molecule has 0 unspecified atom stereocenters. The first kappa shape index (κ1) is 15.3. The van der Waals surface area contributed by atoms with Crippen LogP contribution in [0.25, 0.3) is 0 Å². The summed E-state index contributed by atoms with van der Waals surface area (Å²) in [6.07, 6.45) is 3.40. The number of carboxylic acid groups (broad SMARTS) is 1. The van der Waals surface area contributed by atoms with Gasteiger partial charge in [0.1, 0.15) is 5.54 Å². The highest BCUT2D eigenvalue weighted by molar-refractivity contribution is 5.88. The Morgan fingerprint density at radius 1 is 1.16 bits per heavy atom. The van der Waals surface area contributed by atoms with Gasteiger partial charge in [0, 0.05) is 14.1 Å². The summed E-state index contributed by atoms with van der Waals surface area (Å²) in [5.41, 5.74) is -1.19. The lowest BCUT2D eigenvalue weighted by molar-refractivity contribution is -0.145. The maximum atomic E-state index is 11.7. The predicted molar refractivity (Wildman–Crippen MR) is 68.7 cm³/mol. The van der Waals surface area contributed by atoms with E-state index in [1.165, 1.54) is 4.90 Å². The van der Waals surface area contributed by atoms with Gasteiger partial charge in [-0.1, -0.05) is 19.3 Å². The van der Waals surface area contributed by atoms with Crippen LogP contribution in [0, 0.1) is 0 Å². The van der Waals surface area contributed by atoms with Crippen LogP contribution in [0.4, 0.5) is 4.79 Å². The van der Waals surface area contributed by atoms with Crippen molar-refractivity contribution in [1.29, 1.82) is 0 Å². The monoisotopic (exact) mass is 271 g/mol. The summed E-state index contributed by atoms with van der Waals surface area (Å²) in [5.74, 6) is -1.26. The molecule has 0 atom stereocenters. The zero-order valence-electron chi connectivity index (χ0n) is 11.4. The Balaban J connectivity index is 2.53. The van der Waals surface area contributed by atoms with Gasteiger partial charge in [-0.25, -0.2) is 9.59 Å². The first-order valence-electron chi connectivity index (χ1n) is 6.37. The summed E-state index contributed by atoms with van der Waals surface area (Å²) < 4.78 is 0. The third-order valence-electron chi connectivity index (χ3n) is 3.37. The Morgan fingerprint density at radius 3 is 2.21 bits per heavy atom. The number of amides is 3. The average Bonchev–Trinajstić information content (AvgIpc) is 2.36. The molecule has 1 aliphatic rings. The van der Waals surface area contributed by atoms with Crippen molar-refractivity contribution in [3.63, 3.8) is 0 Å². The van der Waals surface area contributed by atoms with Crippen molar-refractivity contribution in [1.82, 2.24) is 15.5 Å². The number of hydrogen-bond donors (Lipinski definition) is 3. The number of rotatable bonds is 4. The van der Waals surface area contributed by atoms with E-state index >= 15 is 0 Å². The normalized spacial score (nSPS) is 17.4. The average molecular weight is 271 g/mol. The van der Waals surface area contributed by atoms with Crippen LogP contribution in [0.15, 0.2) is 0 Å². The van der Waals surface area contributed by atoms with Crippen LogP contribution in [-0.2, 0) is 9.59 Å². The SMILES string of the molecule is CN(C)C(=O)CNC(=O)NC1(C(=O)O)CCCCC1. The summed E-state index contributed by atoms with van der Waals surface area (Å²) in [7, 11) is 3.17. The zero-order valence-corrected chi connectivity index (χ0v) is 11.4. The molecule has 0 aliphatic heterocycles. The number of nitrogens with one attached hydrogen (secondary N) is 2. The highest BCUT2D eigenvalue weighted by Crippen LogP contribution is 2.28. The molecule has 3 amide bonds. The Morgan fingerprint density at radius 2 is 1.74 bits per heavy atom. The number of carboxylic acids is 1. The molecule has 0 saturated heterocycles. The van der Waals surface area contributed by atoms with Gasteiger partial charge in [-0.2, -0.15) is 0 Å². The van der Waals surface area contributed by atoms with E-state index in [4.69, 9.17) is 0 Å². The van der Waals surface area contributed by atoms with Crippen molar-refractivity contribution < 1.29 is 19.5 Å². The van der Waals surface area contributed by atoms with E-state index in [2.05, 4.69) is 10.6 Å². The van der Waals surface area contributed by atoms with Crippen molar-refractivity contribution in [2.45, 2.75) is 37.6 Å². The fourth-order valence-electron chi connectivity index (χ4n) is 2.12. The minimum absolute atomic E-state index is 0.144. The second-order valence-corrected chi connectivity index (χ2v) is 5.04. The summed E-state index contributed by atoms with van der Waals surface area (Å²) in [6.45, 7) is -0.144. The van der Waals surface area contributed by atoms with Crippen LogP contribution in [0.1, 0.15) is 32.1 Å². The van der Waals surface area contributed by atoms with Gasteiger partial charge < -0.3 is 20.6 Å². The Bertz CT molecular complexity index is 362. The van der Waals surface area contributed by atoms with Gasteiger partial charge in [0.15, 0.2) is 0 Å². The first-order chi connectivity index (χ1) is 8.87. The maximum Gasteiger partial charge on any atom is 0.329 e. The van der Waals surface area contributed by atoms with Gasteiger partial charge in [-0.3, -0.25) is 4.79 Å². The molecule has 1 rings (SSSR count). The van der Waals surface area contributed by atoms with Crippen LogP contribution < -0.4 is 10.6 Å². The van der Waals surface area contributed by atoms with Crippen molar-refractivity contribution in [3.8, 4) is 0 Å². The molecule has 108 valence electrons. The van der Waals surface area contributed by atoms with Crippen molar-refractivity contribution >= 4 is 17.9 Å². The molecule has 0 spiro atoms. The van der Waals surface area contributed by atoms with Crippen LogP contribution in [0.3, 0.4) is 0 Å². The van der Waals surface area contributed by atoms with E-state index in [1.54, 1.807) is 14.1 Å². The van der Waals surface area contributed by atoms with E-state index in [0.29, 0.717) is 12.8 Å². The second-order valence-electron chi connectivity index (χ2n) is 5.04. The number of likely N-dealkylation sites (N-methyl/N-ethyl adjacent to an activating group) is 1. The molecule has 7 heteroatoms. The Hall–Kier alpha value is -1.79. The van der Waals surface area contributed by atoms with Crippen molar-refractivity contribution in [2.24, 2.45) is 0 Å². The fraction of sp³-hybridized carbons (Fsp3) is 0.750. The summed E-state index contributed by atoms with van der Waals surface area (Å²) in [6, 6.07) is -0.612. The lowest BCUT2D eigenvalue weighted by Crippen LogP contribution is -2.58. The molecule has 0 aromatic carbocycles. The Kier molecular flexibility index (Phi) is 5.14. The first-order valence-corrected chi connectivity index (χ1v) is 6.37.